The van der Waals surface area contributed by atoms with Crippen LogP contribution >= 0.6 is 0 Å². The van der Waals surface area contributed by atoms with Crippen LogP contribution in [0.3, 0.4) is 0 Å². The Balaban J connectivity index is 2.87. The minimum Gasteiger partial charge on any atom is -0.295 e. The van der Waals surface area contributed by atoms with Gasteiger partial charge in [0, 0.05) is 6.42 Å². The molecule has 0 saturated heterocycles. The van der Waals surface area contributed by atoms with Gasteiger partial charge in [-0.05, 0) is 29.7 Å². The highest BCUT2D eigenvalue weighted by Gasteiger charge is 2.40. The first-order chi connectivity index (χ1) is 6.82. The van der Waals surface area contributed by atoms with Gasteiger partial charge in [0.1, 0.15) is 0 Å². The summed E-state index contributed by atoms with van der Waals surface area (Å²) in [6.07, 6.45) is 5.45. The molecule has 1 saturated carbocycles. The van der Waals surface area contributed by atoms with E-state index < -0.39 is 0 Å². The molecule has 1 heteroatoms. The number of hydrogen-bond donors (Lipinski definition) is 0. The van der Waals surface area contributed by atoms with E-state index in [1.165, 1.54) is 24.5 Å². The Morgan fingerprint density at radius 1 is 1.40 bits per heavy atom. The molecule has 0 N–H and O–H groups in total. The summed E-state index contributed by atoms with van der Waals surface area (Å²) in [5.41, 5.74) is 1.39. The first-order valence-corrected chi connectivity index (χ1v) is 5.67. The van der Waals surface area contributed by atoms with Crippen LogP contribution < -0.4 is 0 Å². The summed E-state index contributed by atoms with van der Waals surface area (Å²) in [7, 11) is 0. The van der Waals surface area contributed by atoms with Crippen LogP contribution in [-0.4, -0.2) is 5.78 Å². The Hall–Kier alpha value is -0.850. The van der Waals surface area contributed by atoms with E-state index in [0.717, 1.165) is 6.42 Å². The first kappa shape index (κ1) is 12.2. The van der Waals surface area contributed by atoms with Crippen molar-refractivity contribution in [2.24, 2.45) is 10.8 Å². The quantitative estimate of drug-likeness (QED) is 0.505. The van der Waals surface area contributed by atoms with E-state index >= 15 is 0 Å². The summed E-state index contributed by atoms with van der Waals surface area (Å²) in [6, 6.07) is 0. The Labute approximate surface area is 93.3 Å². The molecule has 0 heterocycles. The molecule has 1 fully saturated rings. The Morgan fingerprint density at radius 2 is 2.00 bits per heavy atom. The lowest BCUT2D eigenvalue weighted by Crippen LogP contribution is -2.35. The molecule has 0 aliphatic heterocycles. The van der Waals surface area contributed by atoms with Gasteiger partial charge in [-0.2, -0.15) is 0 Å². The third-order valence-corrected chi connectivity index (χ3v) is 3.87. The van der Waals surface area contributed by atoms with Crippen molar-refractivity contribution >= 4 is 5.78 Å². The molecule has 1 atom stereocenters. The van der Waals surface area contributed by atoms with Crippen molar-refractivity contribution in [2.45, 2.75) is 46.5 Å². The van der Waals surface area contributed by atoms with Crippen LogP contribution in [-0.2, 0) is 4.79 Å². The second-order valence-corrected chi connectivity index (χ2v) is 5.62. The van der Waals surface area contributed by atoms with Crippen LogP contribution in [0, 0.1) is 10.8 Å². The van der Waals surface area contributed by atoms with E-state index in [-0.39, 0.29) is 16.6 Å². The zero-order valence-corrected chi connectivity index (χ0v) is 10.2. The molecule has 0 bridgehead atoms. The summed E-state index contributed by atoms with van der Waals surface area (Å²) in [6.45, 7) is 14.4. The minimum atomic E-state index is -0.0208. The molecule has 0 aromatic rings. The number of carbonyl (C=O) groups excluding carboxylic acids is 1. The maximum absolute atomic E-state index is 11.5. The second-order valence-electron chi connectivity index (χ2n) is 5.62. The third kappa shape index (κ3) is 2.39. The zero-order chi connectivity index (χ0) is 11.7. The lowest BCUT2D eigenvalue weighted by Gasteiger charge is -2.45. The van der Waals surface area contributed by atoms with Crippen molar-refractivity contribution < 1.29 is 4.79 Å². The van der Waals surface area contributed by atoms with Crippen LogP contribution in [0.15, 0.2) is 24.8 Å². The highest BCUT2D eigenvalue weighted by atomic mass is 16.1. The van der Waals surface area contributed by atoms with Gasteiger partial charge in [-0.15, -0.1) is 0 Å². The number of allylic oxidation sites excluding steroid dienone is 2. The molecule has 0 amide bonds. The van der Waals surface area contributed by atoms with E-state index in [9.17, 15) is 4.79 Å². The van der Waals surface area contributed by atoms with Crippen LogP contribution in [0.1, 0.15) is 46.5 Å². The van der Waals surface area contributed by atoms with Gasteiger partial charge >= 0.3 is 0 Å². The van der Waals surface area contributed by atoms with Crippen LogP contribution in [0.5, 0.6) is 0 Å². The van der Waals surface area contributed by atoms with Crippen molar-refractivity contribution in [1.82, 2.24) is 0 Å². The summed E-state index contributed by atoms with van der Waals surface area (Å²) < 4.78 is 0. The van der Waals surface area contributed by atoms with Crippen LogP contribution in [0.25, 0.3) is 0 Å². The molecular weight excluding hydrogens is 184 g/mol. The largest absolute Gasteiger partial charge is 0.295 e. The van der Waals surface area contributed by atoms with Crippen molar-refractivity contribution in [3.63, 3.8) is 0 Å². The maximum atomic E-state index is 11.5. The lowest BCUT2D eigenvalue weighted by atomic mass is 9.59. The van der Waals surface area contributed by atoms with Gasteiger partial charge in [-0.25, -0.2) is 0 Å². The summed E-state index contributed by atoms with van der Waals surface area (Å²) in [5, 5.41) is 0. The second kappa shape index (κ2) is 3.96. The molecule has 1 rings (SSSR count). The molecule has 1 aliphatic rings. The molecular formula is C14H22O. The Bertz CT molecular complexity index is 298. The number of ketones is 1. The van der Waals surface area contributed by atoms with E-state index in [1.807, 2.05) is 0 Å². The summed E-state index contributed by atoms with van der Waals surface area (Å²) in [4.78, 5) is 11.5. The SMILES string of the molecule is C=CC(=O)CC1(C)CCCC(C)(C)C1=C. The van der Waals surface area contributed by atoms with Gasteiger partial charge in [-0.1, -0.05) is 45.9 Å². The lowest BCUT2D eigenvalue weighted by molar-refractivity contribution is -0.116. The number of hydrogen-bond acceptors (Lipinski definition) is 1. The molecule has 0 aromatic carbocycles. The highest BCUT2D eigenvalue weighted by molar-refractivity contribution is 5.89. The van der Waals surface area contributed by atoms with E-state index in [0.29, 0.717) is 6.42 Å². The monoisotopic (exact) mass is 206 g/mol. The van der Waals surface area contributed by atoms with Crippen LogP contribution in [0.2, 0.25) is 0 Å². The average Bonchev–Trinajstić information content (AvgIpc) is 2.14. The normalized spacial score (nSPS) is 29.9. The minimum absolute atomic E-state index is 0.0208. The molecule has 0 aromatic heterocycles. The fraction of sp³-hybridized carbons (Fsp3) is 0.643. The van der Waals surface area contributed by atoms with Crippen molar-refractivity contribution in [1.29, 1.82) is 0 Å². The average molecular weight is 206 g/mol. The fourth-order valence-electron chi connectivity index (χ4n) is 2.69. The predicted octanol–water partition coefficient (Wildman–Crippen LogP) is 3.90. The smallest absolute Gasteiger partial charge is 0.155 e. The van der Waals surface area contributed by atoms with Gasteiger partial charge in [0.25, 0.3) is 0 Å². The van der Waals surface area contributed by atoms with Gasteiger partial charge in [0.05, 0.1) is 0 Å². The molecule has 84 valence electrons. The van der Waals surface area contributed by atoms with Gasteiger partial charge < -0.3 is 0 Å². The Morgan fingerprint density at radius 3 is 2.53 bits per heavy atom. The van der Waals surface area contributed by atoms with Gasteiger partial charge in [-0.3, -0.25) is 4.79 Å². The first-order valence-electron chi connectivity index (χ1n) is 5.67. The topological polar surface area (TPSA) is 17.1 Å². The number of rotatable bonds is 3. The summed E-state index contributed by atoms with van der Waals surface area (Å²) in [5.74, 6) is 0.136. The van der Waals surface area contributed by atoms with Crippen molar-refractivity contribution in [3.8, 4) is 0 Å². The third-order valence-electron chi connectivity index (χ3n) is 3.87. The fourth-order valence-corrected chi connectivity index (χ4v) is 2.69. The van der Waals surface area contributed by atoms with E-state index in [1.54, 1.807) is 0 Å². The Kier molecular flexibility index (Phi) is 3.22. The molecule has 0 radical (unpaired) electrons. The van der Waals surface area contributed by atoms with E-state index in [2.05, 4.69) is 33.9 Å². The van der Waals surface area contributed by atoms with Crippen molar-refractivity contribution in [2.75, 3.05) is 0 Å². The molecule has 1 unspecified atom stereocenters. The van der Waals surface area contributed by atoms with Crippen molar-refractivity contribution in [3.05, 3.63) is 24.8 Å². The van der Waals surface area contributed by atoms with Gasteiger partial charge in [0.15, 0.2) is 5.78 Å². The molecule has 15 heavy (non-hydrogen) atoms. The highest BCUT2D eigenvalue weighted by Crippen LogP contribution is 2.51. The summed E-state index contributed by atoms with van der Waals surface area (Å²) >= 11 is 0. The standard InChI is InChI=1S/C14H22O/c1-6-12(15)10-14(5)9-7-8-13(3,4)11(14)2/h6H,1-2,7-10H2,3-5H3. The predicted molar refractivity (Wildman–Crippen MR) is 64.7 cm³/mol. The van der Waals surface area contributed by atoms with E-state index in [4.69, 9.17) is 0 Å². The molecule has 0 spiro atoms. The molecule has 1 aliphatic carbocycles. The molecule has 1 nitrogen and oxygen atoms in total. The number of carbonyl (C=O) groups is 1. The van der Waals surface area contributed by atoms with Gasteiger partial charge in [0.2, 0.25) is 0 Å². The maximum Gasteiger partial charge on any atom is 0.155 e. The zero-order valence-electron chi connectivity index (χ0n) is 10.2. The van der Waals surface area contributed by atoms with Crippen LogP contribution in [0.4, 0.5) is 0 Å².